The highest BCUT2D eigenvalue weighted by atomic mass is 16.5. The molecule has 0 aromatic heterocycles. The van der Waals surface area contributed by atoms with Crippen LogP contribution in [0.2, 0.25) is 0 Å². The first-order valence-corrected chi connectivity index (χ1v) is 10.5. The number of hydrogen-bond acceptors (Lipinski definition) is 4. The SMILES string of the molecule is CCOc1c(C(=O)O)ccc(-c2ccc(CCNC[C@@H](O)c3ccccc3)cc2)c1C. The molecule has 1 atom stereocenters. The number of aromatic carboxylic acids is 1. The Bertz CT molecular complexity index is 1000. The van der Waals surface area contributed by atoms with E-state index in [9.17, 15) is 15.0 Å². The van der Waals surface area contributed by atoms with Crippen LogP contribution in [-0.4, -0.2) is 35.9 Å². The fourth-order valence-corrected chi connectivity index (χ4v) is 3.62. The average molecular weight is 420 g/mol. The van der Waals surface area contributed by atoms with Crippen LogP contribution < -0.4 is 10.1 Å². The van der Waals surface area contributed by atoms with Crippen molar-refractivity contribution in [2.45, 2.75) is 26.4 Å². The fourth-order valence-electron chi connectivity index (χ4n) is 3.62. The van der Waals surface area contributed by atoms with Gasteiger partial charge in [0.05, 0.1) is 12.7 Å². The van der Waals surface area contributed by atoms with Crippen molar-refractivity contribution in [1.82, 2.24) is 5.32 Å². The van der Waals surface area contributed by atoms with E-state index in [1.807, 2.05) is 62.4 Å². The molecular weight excluding hydrogens is 390 g/mol. The Hall–Kier alpha value is -3.15. The van der Waals surface area contributed by atoms with Gasteiger partial charge in [0.25, 0.3) is 0 Å². The van der Waals surface area contributed by atoms with Gasteiger partial charge in [-0.1, -0.05) is 60.7 Å². The van der Waals surface area contributed by atoms with E-state index in [0.717, 1.165) is 35.2 Å². The highest BCUT2D eigenvalue weighted by Crippen LogP contribution is 2.33. The highest BCUT2D eigenvalue weighted by Gasteiger charge is 2.17. The normalized spacial score (nSPS) is 11.8. The number of ether oxygens (including phenoxy) is 1. The van der Waals surface area contributed by atoms with E-state index < -0.39 is 12.1 Å². The third-order valence-electron chi connectivity index (χ3n) is 5.30. The summed E-state index contributed by atoms with van der Waals surface area (Å²) in [6.45, 7) is 5.43. The number of nitrogens with one attached hydrogen (secondary N) is 1. The van der Waals surface area contributed by atoms with Crippen LogP contribution in [0.4, 0.5) is 0 Å². The number of aliphatic hydroxyl groups is 1. The van der Waals surface area contributed by atoms with E-state index in [0.29, 0.717) is 18.9 Å². The van der Waals surface area contributed by atoms with Crippen LogP contribution in [0, 0.1) is 6.92 Å². The first-order chi connectivity index (χ1) is 15.0. The Morgan fingerprint density at radius 2 is 1.74 bits per heavy atom. The summed E-state index contributed by atoms with van der Waals surface area (Å²) in [5.74, 6) is -0.559. The number of carbonyl (C=O) groups is 1. The predicted octanol–water partition coefficient (Wildman–Crippen LogP) is 4.62. The van der Waals surface area contributed by atoms with E-state index in [4.69, 9.17) is 4.74 Å². The van der Waals surface area contributed by atoms with E-state index >= 15 is 0 Å². The summed E-state index contributed by atoms with van der Waals surface area (Å²) in [6.07, 6.45) is 0.336. The fraction of sp³-hybridized carbons (Fsp3) is 0.269. The first kappa shape index (κ1) is 22.5. The molecule has 3 aromatic carbocycles. The molecule has 0 spiro atoms. The highest BCUT2D eigenvalue weighted by molar-refractivity contribution is 5.93. The number of aliphatic hydroxyl groups excluding tert-OH is 1. The third-order valence-corrected chi connectivity index (χ3v) is 5.30. The maximum absolute atomic E-state index is 11.5. The van der Waals surface area contributed by atoms with Gasteiger partial charge in [-0.05, 0) is 60.7 Å². The van der Waals surface area contributed by atoms with Crippen LogP contribution in [-0.2, 0) is 6.42 Å². The molecule has 5 nitrogen and oxygen atoms in total. The number of benzene rings is 3. The molecular formula is C26H29NO4. The van der Waals surface area contributed by atoms with Crippen molar-refractivity contribution >= 4 is 5.97 Å². The van der Waals surface area contributed by atoms with Gasteiger partial charge in [-0.3, -0.25) is 0 Å². The molecule has 162 valence electrons. The Morgan fingerprint density at radius 3 is 2.39 bits per heavy atom. The minimum atomic E-state index is -0.988. The van der Waals surface area contributed by atoms with E-state index in [1.54, 1.807) is 6.07 Å². The molecule has 0 amide bonds. The van der Waals surface area contributed by atoms with Crippen molar-refractivity contribution in [3.63, 3.8) is 0 Å². The molecule has 0 saturated carbocycles. The average Bonchev–Trinajstić information content (AvgIpc) is 2.79. The lowest BCUT2D eigenvalue weighted by Gasteiger charge is -2.15. The molecule has 0 aliphatic rings. The minimum absolute atomic E-state index is 0.184. The topological polar surface area (TPSA) is 78.8 Å². The van der Waals surface area contributed by atoms with Gasteiger partial charge in [0, 0.05) is 6.54 Å². The van der Waals surface area contributed by atoms with Crippen molar-refractivity contribution in [3.8, 4) is 16.9 Å². The molecule has 0 fully saturated rings. The maximum atomic E-state index is 11.5. The zero-order valence-corrected chi connectivity index (χ0v) is 18.0. The molecule has 5 heteroatoms. The maximum Gasteiger partial charge on any atom is 0.339 e. The summed E-state index contributed by atoms with van der Waals surface area (Å²) in [5, 5.41) is 22.9. The van der Waals surface area contributed by atoms with Gasteiger partial charge in [0.1, 0.15) is 11.3 Å². The number of hydrogen-bond donors (Lipinski definition) is 3. The molecule has 0 bridgehead atoms. The molecule has 0 aliphatic carbocycles. The van der Waals surface area contributed by atoms with Gasteiger partial charge in [-0.25, -0.2) is 4.79 Å². The second-order valence-electron chi connectivity index (χ2n) is 7.43. The summed E-state index contributed by atoms with van der Waals surface area (Å²) >= 11 is 0. The minimum Gasteiger partial charge on any atom is -0.493 e. The molecule has 3 rings (SSSR count). The molecule has 0 radical (unpaired) electrons. The Kier molecular flexibility index (Phi) is 7.82. The van der Waals surface area contributed by atoms with Crippen molar-refractivity contribution in [2.24, 2.45) is 0 Å². The van der Waals surface area contributed by atoms with Crippen molar-refractivity contribution in [1.29, 1.82) is 0 Å². The number of carboxylic acid groups (broad SMARTS) is 1. The zero-order chi connectivity index (χ0) is 22.2. The zero-order valence-electron chi connectivity index (χ0n) is 18.0. The van der Waals surface area contributed by atoms with E-state index in [-0.39, 0.29) is 5.56 Å². The van der Waals surface area contributed by atoms with E-state index in [1.165, 1.54) is 5.56 Å². The summed E-state index contributed by atoms with van der Waals surface area (Å²) in [5.41, 5.74) is 5.09. The summed E-state index contributed by atoms with van der Waals surface area (Å²) in [7, 11) is 0. The quantitative estimate of drug-likeness (QED) is 0.418. The largest absolute Gasteiger partial charge is 0.493 e. The van der Waals surface area contributed by atoms with Gasteiger partial charge < -0.3 is 20.3 Å². The second-order valence-corrected chi connectivity index (χ2v) is 7.43. The number of rotatable bonds is 10. The molecule has 0 saturated heterocycles. The molecule has 31 heavy (non-hydrogen) atoms. The molecule has 0 aliphatic heterocycles. The van der Waals surface area contributed by atoms with Gasteiger partial charge in [0.2, 0.25) is 0 Å². The van der Waals surface area contributed by atoms with Crippen molar-refractivity contribution in [2.75, 3.05) is 19.7 Å². The van der Waals surface area contributed by atoms with Gasteiger partial charge in [-0.2, -0.15) is 0 Å². The summed E-state index contributed by atoms with van der Waals surface area (Å²) < 4.78 is 5.62. The Labute approximate surface area is 183 Å². The van der Waals surface area contributed by atoms with Crippen LogP contribution in [0.3, 0.4) is 0 Å². The monoisotopic (exact) mass is 419 g/mol. The van der Waals surface area contributed by atoms with Crippen molar-refractivity contribution < 1.29 is 19.7 Å². The molecule has 3 N–H and O–H groups in total. The van der Waals surface area contributed by atoms with Crippen LogP contribution in [0.1, 0.15) is 40.1 Å². The summed E-state index contributed by atoms with van der Waals surface area (Å²) in [4.78, 5) is 11.5. The van der Waals surface area contributed by atoms with Gasteiger partial charge >= 0.3 is 5.97 Å². The molecule has 0 unspecified atom stereocenters. The summed E-state index contributed by atoms with van der Waals surface area (Å²) in [6, 6.07) is 21.3. The van der Waals surface area contributed by atoms with Gasteiger partial charge in [-0.15, -0.1) is 0 Å². The molecule has 3 aromatic rings. The predicted molar refractivity (Wildman–Crippen MR) is 123 cm³/mol. The van der Waals surface area contributed by atoms with Crippen LogP contribution in [0.5, 0.6) is 5.75 Å². The lowest BCUT2D eigenvalue weighted by molar-refractivity contribution is 0.0692. The Balaban J connectivity index is 1.61. The van der Waals surface area contributed by atoms with Crippen LogP contribution in [0.15, 0.2) is 66.7 Å². The van der Waals surface area contributed by atoms with Crippen LogP contribution in [0.25, 0.3) is 11.1 Å². The Morgan fingerprint density at radius 1 is 1.03 bits per heavy atom. The third kappa shape index (κ3) is 5.72. The van der Waals surface area contributed by atoms with Crippen LogP contribution >= 0.6 is 0 Å². The second kappa shape index (κ2) is 10.8. The first-order valence-electron chi connectivity index (χ1n) is 10.5. The van der Waals surface area contributed by atoms with E-state index in [2.05, 4.69) is 17.4 Å². The lowest BCUT2D eigenvalue weighted by Crippen LogP contribution is -2.23. The van der Waals surface area contributed by atoms with Crippen molar-refractivity contribution in [3.05, 3.63) is 89.0 Å². The lowest BCUT2D eigenvalue weighted by atomic mass is 9.96. The standard InChI is InChI=1S/C26H29NO4/c1-3-31-25-18(2)22(13-14-23(25)26(29)30)20-11-9-19(10-12-20)15-16-27-17-24(28)21-7-5-4-6-8-21/h4-14,24,27-28H,3,15-17H2,1-2H3,(H,29,30)/t24-/m1/s1. The van der Waals surface area contributed by atoms with Gasteiger partial charge in [0.15, 0.2) is 0 Å². The number of carboxylic acids is 1. The smallest absolute Gasteiger partial charge is 0.339 e. The molecule has 0 heterocycles.